The zero-order chi connectivity index (χ0) is 25.2. The molecule has 2 aliphatic heterocycles. The van der Waals surface area contributed by atoms with Crippen LogP contribution < -0.4 is 15.0 Å². The smallest absolute Gasteiger partial charge is 0.245 e. The van der Waals surface area contributed by atoms with Gasteiger partial charge in [0.1, 0.15) is 10.6 Å². The summed E-state index contributed by atoms with van der Waals surface area (Å²) < 4.78 is 35.1. The van der Waals surface area contributed by atoms with E-state index in [-0.39, 0.29) is 23.3 Å². The molecule has 1 unspecified atom stereocenters. The second kappa shape index (κ2) is 10.7. The number of sulfonamides is 1. The molecule has 0 bridgehead atoms. The minimum atomic E-state index is -3.92. The summed E-state index contributed by atoms with van der Waals surface area (Å²) in [4.78, 5) is 27.2. The number of halogens is 1. The third-order valence-electron chi connectivity index (χ3n) is 6.40. The first-order valence-electron chi connectivity index (χ1n) is 11.9. The fourth-order valence-corrected chi connectivity index (χ4v) is 7.11. The van der Waals surface area contributed by atoms with E-state index < -0.39 is 15.9 Å². The monoisotopic (exact) mass is 563 g/mol. The Morgan fingerprint density at radius 3 is 2.57 bits per heavy atom. The van der Waals surface area contributed by atoms with E-state index in [9.17, 15) is 18.0 Å². The molecule has 2 aromatic rings. The number of benzene rings is 2. The van der Waals surface area contributed by atoms with E-state index in [1.807, 2.05) is 13.0 Å². The van der Waals surface area contributed by atoms with Crippen molar-refractivity contribution >= 4 is 49.1 Å². The molecular formula is C25H30BrN3O5S. The SMILES string of the molecule is CCOc1ccc(NC(=O)C2CCCN(S(=O)(=O)c3cc(Br)cc4c3N(C(=O)CC)CC4)C2)cc1. The quantitative estimate of drug-likeness (QED) is 0.545. The Morgan fingerprint density at radius 1 is 1.14 bits per heavy atom. The van der Waals surface area contributed by atoms with Crippen LogP contribution in [0.15, 0.2) is 45.8 Å². The molecule has 188 valence electrons. The lowest BCUT2D eigenvalue weighted by Gasteiger charge is -2.32. The normalized spacial score (nSPS) is 18.3. The van der Waals surface area contributed by atoms with Crippen LogP contribution in [0.5, 0.6) is 5.75 Å². The molecule has 2 amide bonds. The van der Waals surface area contributed by atoms with Crippen LogP contribution in [0.1, 0.15) is 38.7 Å². The Morgan fingerprint density at radius 2 is 1.89 bits per heavy atom. The number of anilines is 2. The van der Waals surface area contributed by atoms with Gasteiger partial charge in [-0.05, 0) is 68.1 Å². The van der Waals surface area contributed by atoms with Gasteiger partial charge in [0.2, 0.25) is 21.8 Å². The first-order chi connectivity index (χ1) is 16.7. The standard InChI is InChI=1S/C25H30BrN3O5S/c1-3-23(30)29-13-11-17-14-19(26)15-22(24(17)29)35(32,33)28-12-5-6-18(16-28)25(31)27-20-7-9-21(10-8-20)34-4-2/h7-10,14-15,18H,3-6,11-13,16H2,1-2H3,(H,27,31). The average Bonchev–Trinajstić information content (AvgIpc) is 3.28. The number of nitrogens with one attached hydrogen (secondary N) is 1. The molecule has 0 saturated carbocycles. The minimum absolute atomic E-state index is 0.0915. The number of nitrogens with zero attached hydrogens (tertiary/aromatic N) is 2. The van der Waals surface area contributed by atoms with Gasteiger partial charge in [-0.1, -0.05) is 22.9 Å². The average molecular weight is 565 g/mol. The maximum atomic E-state index is 13.8. The number of hydrogen-bond acceptors (Lipinski definition) is 5. The molecule has 4 rings (SSSR count). The Balaban J connectivity index is 1.55. The van der Waals surface area contributed by atoms with Crippen LogP contribution in [0.3, 0.4) is 0 Å². The molecule has 2 aromatic carbocycles. The van der Waals surface area contributed by atoms with E-state index in [2.05, 4.69) is 21.2 Å². The van der Waals surface area contributed by atoms with E-state index >= 15 is 0 Å². The highest BCUT2D eigenvalue weighted by atomic mass is 79.9. The second-order valence-corrected chi connectivity index (χ2v) is 11.5. The lowest BCUT2D eigenvalue weighted by atomic mass is 9.99. The van der Waals surface area contributed by atoms with Gasteiger partial charge >= 0.3 is 0 Å². The van der Waals surface area contributed by atoms with Gasteiger partial charge in [0.15, 0.2) is 0 Å². The van der Waals surface area contributed by atoms with Crippen molar-refractivity contribution in [2.45, 2.75) is 44.4 Å². The van der Waals surface area contributed by atoms with E-state index in [0.717, 1.165) is 11.3 Å². The van der Waals surface area contributed by atoms with Gasteiger partial charge in [-0.3, -0.25) is 9.59 Å². The highest BCUT2D eigenvalue weighted by Gasteiger charge is 2.38. The van der Waals surface area contributed by atoms with Crippen LogP contribution in [0.2, 0.25) is 0 Å². The topological polar surface area (TPSA) is 96.0 Å². The molecular weight excluding hydrogens is 534 g/mol. The Labute approximate surface area is 214 Å². The maximum absolute atomic E-state index is 13.8. The summed E-state index contributed by atoms with van der Waals surface area (Å²) in [6.45, 7) is 5.12. The number of carbonyl (C=O) groups is 2. The fourth-order valence-electron chi connectivity index (χ4n) is 4.67. The molecule has 1 saturated heterocycles. The summed E-state index contributed by atoms with van der Waals surface area (Å²) in [5.74, 6) is -0.0682. The number of hydrogen-bond donors (Lipinski definition) is 1. The van der Waals surface area contributed by atoms with Crippen molar-refractivity contribution in [3.63, 3.8) is 0 Å². The Kier molecular flexibility index (Phi) is 7.83. The zero-order valence-corrected chi connectivity index (χ0v) is 22.3. The van der Waals surface area contributed by atoms with Crippen LogP contribution in [-0.4, -0.2) is 50.8 Å². The van der Waals surface area contributed by atoms with Gasteiger partial charge in [-0.25, -0.2) is 8.42 Å². The number of piperidine rings is 1. The van der Waals surface area contributed by atoms with Crippen LogP contribution in [0.25, 0.3) is 0 Å². The van der Waals surface area contributed by atoms with E-state index in [1.165, 1.54) is 4.31 Å². The zero-order valence-electron chi connectivity index (χ0n) is 19.9. The summed E-state index contributed by atoms with van der Waals surface area (Å²) >= 11 is 3.43. The van der Waals surface area contributed by atoms with E-state index in [0.29, 0.717) is 61.2 Å². The summed E-state index contributed by atoms with van der Waals surface area (Å²) in [5.41, 5.74) is 1.94. The molecule has 35 heavy (non-hydrogen) atoms. The van der Waals surface area contributed by atoms with Crippen LogP contribution in [0.4, 0.5) is 11.4 Å². The van der Waals surface area contributed by atoms with E-state index in [4.69, 9.17) is 4.74 Å². The van der Waals surface area contributed by atoms with Gasteiger partial charge in [0, 0.05) is 36.2 Å². The van der Waals surface area contributed by atoms with Crippen molar-refractivity contribution in [3.8, 4) is 5.75 Å². The molecule has 0 radical (unpaired) electrons. The molecule has 10 heteroatoms. The van der Waals surface area contributed by atoms with Crippen molar-refractivity contribution in [1.82, 2.24) is 4.31 Å². The lowest BCUT2D eigenvalue weighted by molar-refractivity contribution is -0.121. The van der Waals surface area contributed by atoms with Gasteiger partial charge in [0.05, 0.1) is 18.2 Å². The number of amides is 2. The van der Waals surface area contributed by atoms with Crippen molar-refractivity contribution in [1.29, 1.82) is 0 Å². The number of carbonyl (C=O) groups excluding carboxylic acids is 2. The van der Waals surface area contributed by atoms with E-state index in [1.54, 1.807) is 42.2 Å². The highest BCUT2D eigenvalue weighted by molar-refractivity contribution is 9.10. The van der Waals surface area contributed by atoms with Gasteiger partial charge in [-0.2, -0.15) is 4.31 Å². The van der Waals surface area contributed by atoms with Crippen molar-refractivity contribution in [3.05, 3.63) is 46.4 Å². The van der Waals surface area contributed by atoms with Crippen LogP contribution in [0, 0.1) is 5.92 Å². The summed E-state index contributed by atoms with van der Waals surface area (Å²) in [7, 11) is -3.92. The molecule has 1 N–H and O–H groups in total. The molecule has 0 aliphatic carbocycles. The highest BCUT2D eigenvalue weighted by Crippen LogP contribution is 2.40. The molecule has 1 atom stereocenters. The van der Waals surface area contributed by atoms with Crippen molar-refractivity contribution in [2.24, 2.45) is 5.92 Å². The summed E-state index contributed by atoms with van der Waals surface area (Å²) in [6, 6.07) is 10.6. The molecule has 1 fully saturated rings. The Hall–Kier alpha value is -2.43. The first-order valence-corrected chi connectivity index (χ1v) is 14.1. The maximum Gasteiger partial charge on any atom is 0.245 e. The van der Waals surface area contributed by atoms with Gasteiger partial charge in [-0.15, -0.1) is 0 Å². The lowest BCUT2D eigenvalue weighted by Crippen LogP contribution is -2.44. The van der Waals surface area contributed by atoms with Crippen LogP contribution in [-0.2, 0) is 26.0 Å². The minimum Gasteiger partial charge on any atom is -0.494 e. The molecule has 2 heterocycles. The van der Waals surface area contributed by atoms with Gasteiger partial charge in [0.25, 0.3) is 0 Å². The Bertz CT molecular complexity index is 1220. The third-order valence-corrected chi connectivity index (χ3v) is 8.74. The van der Waals surface area contributed by atoms with Crippen LogP contribution >= 0.6 is 15.9 Å². The molecule has 8 nitrogen and oxygen atoms in total. The van der Waals surface area contributed by atoms with Gasteiger partial charge < -0.3 is 15.0 Å². The summed E-state index contributed by atoms with van der Waals surface area (Å²) in [5, 5.41) is 2.90. The fraction of sp³-hybridized carbons (Fsp3) is 0.440. The number of rotatable bonds is 7. The predicted octanol–water partition coefficient (Wildman–Crippen LogP) is 4.19. The number of fused-ring (bicyclic) bond motifs is 1. The molecule has 2 aliphatic rings. The predicted molar refractivity (Wildman–Crippen MR) is 138 cm³/mol. The molecule has 0 aromatic heterocycles. The number of ether oxygens (including phenoxy) is 1. The van der Waals surface area contributed by atoms with Crippen molar-refractivity contribution in [2.75, 3.05) is 36.5 Å². The molecule has 0 spiro atoms. The largest absolute Gasteiger partial charge is 0.494 e. The third kappa shape index (κ3) is 5.39. The van der Waals surface area contributed by atoms with Crippen molar-refractivity contribution < 1.29 is 22.7 Å². The second-order valence-electron chi connectivity index (χ2n) is 8.71. The summed E-state index contributed by atoms with van der Waals surface area (Å²) in [6.07, 6.45) is 2.09. The first kappa shape index (κ1) is 25.7.